The molecule has 0 saturated heterocycles. The molecule has 136 valence electrons. The molecule has 0 aromatic heterocycles. The lowest BCUT2D eigenvalue weighted by Gasteiger charge is -2.07. The molecule has 2 aromatic rings. The van der Waals surface area contributed by atoms with Gasteiger partial charge >= 0.3 is 5.97 Å². The number of benzene rings is 2. The van der Waals surface area contributed by atoms with E-state index in [1.807, 2.05) is 0 Å². The molecule has 5 nitrogen and oxygen atoms in total. The highest BCUT2D eigenvalue weighted by Gasteiger charge is 2.15. The summed E-state index contributed by atoms with van der Waals surface area (Å²) < 4.78 is 31.6. The van der Waals surface area contributed by atoms with Crippen LogP contribution >= 0.6 is 0 Å². The lowest BCUT2D eigenvalue weighted by atomic mass is 10.1. The molecule has 0 aliphatic heterocycles. The van der Waals surface area contributed by atoms with Gasteiger partial charge in [0.15, 0.2) is 6.61 Å². The Bertz CT molecular complexity index is 819. The third-order valence-electron chi connectivity index (χ3n) is 3.49. The summed E-state index contributed by atoms with van der Waals surface area (Å²) >= 11 is 0. The number of hydrogen-bond donors (Lipinski definition) is 1. The summed E-state index contributed by atoms with van der Waals surface area (Å²) in [6.45, 7) is 0.695. The van der Waals surface area contributed by atoms with Crippen molar-refractivity contribution in [2.45, 2.75) is 19.8 Å². The van der Waals surface area contributed by atoms with Crippen LogP contribution in [0.2, 0.25) is 0 Å². The maximum Gasteiger partial charge on any atom is 0.306 e. The van der Waals surface area contributed by atoms with E-state index in [4.69, 9.17) is 4.74 Å². The summed E-state index contributed by atoms with van der Waals surface area (Å²) in [4.78, 5) is 34.6. The van der Waals surface area contributed by atoms with Crippen LogP contribution in [0, 0.1) is 11.6 Å². The van der Waals surface area contributed by atoms with Gasteiger partial charge < -0.3 is 10.1 Å². The fourth-order valence-electron chi connectivity index (χ4n) is 2.22. The van der Waals surface area contributed by atoms with Crippen LogP contribution in [0.5, 0.6) is 0 Å². The third-order valence-corrected chi connectivity index (χ3v) is 3.49. The van der Waals surface area contributed by atoms with E-state index < -0.39 is 24.2 Å². The van der Waals surface area contributed by atoms with Crippen LogP contribution in [0.25, 0.3) is 0 Å². The Morgan fingerprint density at radius 1 is 1.04 bits per heavy atom. The highest BCUT2D eigenvalue weighted by Crippen LogP contribution is 2.15. The van der Waals surface area contributed by atoms with Crippen molar-refractivity contribution in [2.24, 2.45) is 0 Å². The Morgan fingerprint density at radius 3 is 2.35 bits per heavy atom. The topological polar surface area (TPSA) is 72.5 Å². The van der Waals surface area contributed by atoms with Crippen molar-refractivity contribution < 1.29 is 27.9 Å². The Morgan fingerprint density at radius 2 is 1.73 bits per heavy atom. The molecule has 2 rings (SSSR count). The Kier molecular flexibility index (Phi) is 6.54. The van der Waals surface area contributed by atoms with Crippen molar-refractivity contribution in [1.82, 2.24) is 0 Å². The summed E-state index contributed by atoms with van der Waals surface area (Å²) in [5, 5.41) is 2.40. The molecule has 0 radical (unpaired) electrons. The number of nitrogens with one attached hydrogen (secondary N) is 1. The first-order valence-corrected chi connectivity index (χ1v) is 7.85. The molecule has 1 N–H and O–H groups in total. The predicted molar refractivity (Wildman–Crippen MR) is 90.7 cm³/mol. The number of carbonyl (C=O) groups is 3. The van der Waals surface area contributed by atoms with Gasteiger partial charge in [-0.15, -0.1) is 0 Å². The molecule has 7 heteroatoms. The largest absolute Gasteiger partial charge is 0.457 e. The van der Waals surface area contributed by atoms with E-state index in [0.29, 0.717) is 6.42 Å². The summed E-state index contributed by atoms with van der Waals surface area (Å²) in [5.74, 6) is -2.85. The van der Waals surface area contributed by atoms with Crippen LogP contribution in [-0.2, 0) is 20.7 Å². The fourth-order valence-corrected chi connectivity index (χ4v) is 2.22. The van der Waals surface area contributed by atoms with E-state index in [1.165, 1.54) is 31.2 Å². The zero-order chi connectivity index (χ0) is 19.1. The summed E-state index contributed by atoms with van der Waals surface area (Å²) in [6, 6.07) is 9.31. The van der Waals surface area contributed by atoms with Crippen LogP contribution in [-0.4, -0.2) is 24.3 Å². The van der Waals surface area contributed by atoms with Gasteiger partial charge in [0.2, 0.25) is 11.7 Å². The van der Waals surface area contributed by atoms with Gasteiger partial charge in [0, 0.05) is 19.0 Å². The van der Waals surface area contributed by atoms with Gasteiger partial charge in [-0.1, -0.05) is 12.1 Å². The second-order valence-electron chi connectivity index (χ2n) is 5.59. The number of esters is 1. The first kappa shape index (κ1) is 19.2. The fraction of sp³-hybridized carbons (Fsp3) is 0.211. The van der Waals surface area contributed by atoms with Gasteiger partial charge in [-0.3, -0.25) is 14.4 Å². The number of ether oxygens (including phenoxy) is 1. The number of hydrogen-bond acceptors (Lipinski definition) is 4. The molecular formula is C19H17F2NO4. The number of halogens is 2. The molecule has 1 amide bonds. The molecule has 0 bridgehead atoms. The van der Waals surface area contributed by atoms with Crippen molar-refractivity contribution in [3.05, 3.63) is 65.2 Å². The highest BCUT2D eigenvalue weighted by atomic mass is 19.1. The minimum absolute atomic E-state index is 0.0167. The standard InChI is InChI=1S/C19H17F2NO4/c1-12(23)22-15-7-8-16(17(21)10-15)18(24)11-26-19(25)9-4-13-2-5-14(20)6-3-13/h2-3,5-8,10H,4,9,11H2,1H3,(H,22,23). The number of amides is 1. The second-order valence-corrected chi connectivity index (χ2v) is 5.59. The smallest absolute Gasteiger partial charge is 0.306 e. The van der Waals surface area contributed by atoms with Crippen molar-refractivity contribution >= 4 is 23.3 Å². The van der Waals surface area contributed by atoms with Crippen molar-refractivity contribution in [3.8, 4) is 0 Å². The molecule has 26 heavy (non-hydrogen) atoms. The first-order chi connectivity index (χ1) is 12.3. The first-order valence-electron chi connectivity index (χ1n) is 7.85. The number of ketones is 1. The lowest BCUT2D eigenvalue weighted by molar-refractivity contribution is -0.142. The summed E-state index contributed by atoms with van der Waals surface area (Å²) in [6.07, 6.45) is 0.357. The average Bonchev–Trinajstić information content (AvgIpc) is 2.58. The van der Waals surface area contributed by atoms with E-state index in [0.717, 1.165) is 11.6 Å². The molecule has 0 atom stereocenters. The van der Waals surface area contributed by atoms with Gasteiger partial charge in [0.25, 0.3) is 0 Å². The molecule has 0 fully saturated rings. The van der Waals surface area contributed by atoms with Crippen LogP contribution in [0.4, 0.5) is 14.5 Å². The third kappa shape index (κ3) is 5.77. The minimum Gasteiger partial charge on any atom is -0.457 e. The molecule has 0 saturated carbocycles. The lowest BCUT2D eigenvalue weighted by Crippen LogP contribution is -2.16. The van der Waals surface area contributed by atoms with E-state index >= 15 is 0 Å². The average molecular weight is 361 g/mol. The Hall–Kier alpha value is -3.09. The SMILES string of the molecule is CC(=O)Nc1ccc(C(=O)COC(=O)CCc2ccc(F)cc2)c(F)c1. The van der Waals surface area contributed by atoms with Gasteiger partial charge in [-0.2, -0.15) is 0 Å². The number of rotatable bonds is 7. The number of Topliss-reactive ketones (excluding diaryl/α,β-unsaturated/α-hetero) is 1. The predicted octanol–water partition coefficient (Wildman–Crippen LogP) is 3.28. The molecule has 2 aromatic carbocycles. The van der Waals surface area contributed by atoms with Gasteiger partial charge in [-0.25, -0.2) is 8.78 Å². The molecule has 0 unspecified atom stereocenters. The number of anilines is 1. The quantitative estimate of drug-likeness (QED) is 0.607. The van der Waals surface area contributed by atoms with Gasteiger partial charge in [0.05, 0.1) is 5.56 Å². The normalized spacial score (nSPS) is 10.3. The van der Waals surface area contributed by atoms with Crippen LogP contribution in [0.1, 0.15) is 29.3 Å². The maximum absolute atomic E-state index is 13.9. The monoisotopic (exact) mass is 361 g/mol. The molecule has 0 aliphatic rings. The highest BCUT2D eigenvalue weighted by molar-refractivity contribution is 5.99. The van der Waals surface area contributed by atoms with Crippen molar-refractivity contribution in [3.63, 3.8) is 0 Å². The Balaban J connectivity index is 1.84. The zero-order valence-electron chi connectivity index (χ0n) is 14.1. The van der Waals surface area contributed by atoms with Crippen LogP contribution in [0.15, 0.2) is 42.5 Å². The molecule has 0 spiro atoms. The van der Waals surface area contributed by atoms with E-state index in [-0.39, 0.29) is 29.4 Å². The van der Waals surface area contributed by atoms with Gasteiger partial charge in [-0.05, 0) is 42.3 Å². The van der Waals surface area contributed by atoms with E-state index in [2.05, 4.69) is 5.32 Å². The summed E-state index contributed by atoms with van der Waals surface area (Å²) in [7, 11) is 0. The maximum atomic E-state index is 13.9. The zero-order valence-corrected chi connectivity index (χ0v) is 14.1. The minimum atomic E-state index is -0.816. The molecular weight excluding hydrogens is 344 g/mol. The van der Waals surface area contributed by atoms with E-state index in [1.54, 1.807) is 12.1 Å². The molecule has 0 heterocycles. The second kappa shape index (κ2) is 8.84. The van der Waals surface area contributed by atoms with Crippen molar-refractivity contribution in [2.75, 3.05) is 11.9 Å². The van der Waals surface area contributed by atoms with Crippen molar-refractivity contribution in [1.29, 1.82) is 0 Å². The molecule has 0 aliphatic carbocycles. The Labute approximate surface area is 149 Å². The number of carbonyl (C=O) groups excluding carboxylic acids is 3. The number of aryl methyl sites for hydroxylation is 1. The summed E-state index contributed by atoms with van der Waals surface area (Å²) in [5.41, 5.74) is 0.752. The van der Waals surface area contributed by atoms with Crippen LogP contribution < -0.4 is 5.32 Å². The van der Waals surface area contributed by atoms with E-state index in [9.17, 15) is 23.2 Å². The van der Waals surface area contributed by atoms with Crippen LogP contribution in [0.3, 0.4) is 0 Å². The van der Waals surface area contributed by atoms with Gasteiger partial charge in [0.1, 0.15) is 11.6 Å².